The smallest absolute Gasteiger partial charge is 0.411 e. The van der Waals surface area contributed by atoms with Crippen LogP contribution in [0.5, 0.6) is 0 Å². The van der Waals surface area contributed by atoms with Crippen LogP contribution in [0.2, 0.25) is 0 Å². The molecule has 212 valence electrons. The van der Waals surface area contributed by atoms with Crippen LogP contribution in [0.25, 0.3) is 5.69 Å². The molecule has 3 atom stereocenters. The molecule has 1 aliphatic carbocycles. The predicted octanol–water partition coefficient (Wildman–Crippen LogP) is 6.54. The van der Waals surface area contributed by atoms with Gasteiger partial charge >= 0.3 is 6.09 Å². The molecular formula is C32H39FN4O3. The first-order chi connectivity index (χ1) is 19.2. The number of hydrogen-bond acceptors (Lipinski definition) is 4. The molecule has 3 aromatic rings. The fourth-order valence-electron chi connectivity index (χ4n) is 6.04. The van der Waals surface area contributed by atoms with Gasteiger partial charge in [-0.1, -0.05) is 49.6 Å². The molecule has 40 heavy (non-hydrogen) atoms. The second kappa shape index (κ2) is 11.8. The molecule has 1 saturated heterocycles. The molecule has 8 heteroatoms. The van der Waals surface area contributed by atoms with Gasteiger partial charge in [0.05, 0.1) is 17.4 Å². The number of ether oxygens (including phenoxy) is 1. The number of amides is 2. The first kappa shape index (κ1) is 27.9. The summed E-state index contributed by atoms with van der Waals surface area (Å²) in [6, 6.07) is 16.5. The van der Waals surface area contributed by atoms with Crippen LogP contribution in [0.4, 0.5) is 9.18 Å². The van der Waals surface area contributed by atoms with Crippen LogP contribution in [0.15, 0.2) is 66.9 Å². The van der Waals surface area contributed by atoms with Crippen LogP contribution >= 0.6 is 0 Å². The zero-order chi connectivity index (χ0) is 28.3. The highest BCUT2D eigenvalue weighted by molar-refractivity contribution is 5.87. The van der Waals surface area contributed by atoms with Crippen molar-refractivity contribution >= 4 is 12.0 Å². The van der Waals surface area contributed by atoms with E-state index in [1.165, 1.54) is 36.3 Å². The molecular weight excluding hydrogens is 507 g/mol. The summed E-state index contributed by atoms with van der Waals surface area (Å²) in [5.74, 6) is -0.501. The summed E-state index contributed by atoms with van der Waals surface area (Å²) in [4.78, 5) is 29.0. The lowest BCUT2D eigenvalue weighted by molar-refractivity contribution is -0.126. The van der Waals surface area contributed by atoms with Crippen LogP contribution in [0.3, 0.4) is 0 Å². The van der Waals surface area contributed by atoms with Crippen LogP contribution in [-0.4, -0.2) is 44.9 Å². The first-order valence-corrected chi connectivity index (χ1v) is 14.3. The Morgan fingerprint density at radius 3 is 2.48 bits per heavy atom. The first-order valence-electron chi connectivity index (χ1n) is 14.3. The van der Waals surface area contributed by atoms with Gasteiger partial charge in [-0.3, -0.25) is 9.69 Å². The van der Waals surface area contributed by atoms with Crippen molar-refractivity contribution in [1.82, 2.24) is 20.0 Å². The molecule has 2 heterocycles. The standard InChI is InChI=1S/C32H39FN4O3/c1-32(2,3)40-31(39)37-28(30(38)34-21-22-11-6-4-7-12-22)20-26(29(37)23-13-10-14-24(33)19-23)27-17-18-36(35-27)25-15-8-5-9-16-25/h5,8-10,13-19,22,26,28-29H,4,6-7,11-12,20-21H2,1-3H3,(H,34,38)/t26-,28+,29+/m1/s1. The fraction of sp³-hybridized carbons (Fsp3) is 0.469. The number of benzene rings is 2. The van der Waals surface area contributed by atoms with E-state index in [9.17, 15) is 14.0 Å². The number of nitrogens with zero attached hydrogens (tertiary/aromatic N) is 3. The molecule has 0 unspecified atom stereocenters. The monoisotopic (exact) mass is 546 g/mol. The summed E-state index contributed by atoms with van der Waals surface area (Å²) < 4.78 is 22.1. The Labute approximate surface area is 235 Å². The zero-order valence-corrected chi connectivity index (χ0v) is 23.6. The van der Waals surface area contributed by atoms with Gasteiger partial charge in [-0.05, 0) is 81.8 Å². The number of para-hydroxylation sites is 1. The van der Waals surface area contributed by atoms with Crippen molar-refractivity contribution in [3.05, 3.63) is 83.9 Å². The Morgan fingerprint density at radius 2 is 1.77 bits per heavy atom. The van der Waals surface area contributed by atoms with E-state index in [4.69, 9.17) is 9.84 Å². The minimum absolute atomic E-state index is 0.206. The van der Waals surface area contributed by atoms with Gasteiger partial charge in [0.2, 0.25) is 5.91 Å². The van der Waals surface area contributed by atoms with E-state index in [0.717, 1.165) is 24.2 Å². The SMILES string of the molecule is CC(C)(C)OC(=O)N1[C@H](C(=O)NCC2CCCCC2)C[C@H](c2ccn(-c3ccccc3)n2)[C@@H]1c1cccc(F)c1. The van der Waals surface area contributed by atoms with Crippen molar-refractivity contribution in [3.8, 4) is 5.69 Å². The maximum absolute atomic E-state index is 14.5. The van der Waals surface area contributed by atoms with Gasteiger partial charge in [-0.25, -0.2) is 13.9 Å². The number of aromatic nitrogens is 2. The summed E-state index contributed by atoms with van der Waals surface area (Å²) in [7, 11) is 0. The summed E-state index contributed by atoms with van der Waals surface area (Å²) in [5.41, 5.74) is 1.47. The van der Waals surface area contributed by atoms with Gasteiger partial charge in [-0.2, -0.15) is 5.10 Å². The highest BCUT2D eigenvalue weighted by Gasteiger charge is 2.50. The van der Waals surface area contributed by atoms with Crippen molar-refractivity contribution in [2.75, 3.05) is 6.54 Å². The van der Waals surface area contributed by atoms with Crippen molar-refractivity contribution in [3.63, 3.8) is 0 Å². The topological polar surface area (TPSA) is 76.5 Å². The Balaban J connectivity index is 1.51. The Bertz CT molecular complexity index is 1310. The van der Waals surface area contributed by atoms with Gasteiger partial charge in [0.25, 0.3) is 0 Å². The Kier molecular flexibility index (Phi) is 8.24. The number of halogens is 1. The normalized spacial score (nSPS) is 21.8. The van der Waals surface area contributed by atoms with Gasteiger partial charge in [0.15, 0.2) is 0 Å². The molecule has 2 aliphatic rings. The number of nitrogens with one attached hydrogen (secondary N) is 1. The fourth-order valence-corrected chi connectivity index (χ4v) is 6.04. The third-order valence-corrected chi connectivity index (χ3v) is 7.89. The van der Waals surface area contributed by atoms with E-state index in [-0.39, 0.29) is 11.8 Å². The minimum Gasteiger partial charge on any atom is -0.444 e. The molecule has 0 spiro atoms. The zero-order valence-electron chi connectivity index (χ0n) is 23.6. The van der Waals surface area contributed by atoms with Crippen LogP contribution < -0.4 is 5.32 Å². The number of likely N-dealkylation sites (tertiary alicyclic amines) is 1. The number of carbonyl (C=O) groups excluding carboxylic acids is 2. The summed E-state index contributed by atoms with van der Waals surface area (Å²) in [6.07, 6.45) is 7.45. The van der Waals surface area contributed by atoms with Gasteiger partial charge in [0, 0.05) is 18.7 Å². The largest absolute Gasteiger partial charge is 0.444 e. The molecule has 0 bridgehead atoms. The molecule has 2 aromatic carbocycles. The average molecular weight is 547 g/mol. The lowest BCUT2D eigenvalue weighted by Crippen LogP contribution is -2.49. The van der Waals surface area contributed by atoms with E-state index in [2.05, 4.69) is 5.32 Å². The predicted molar refractivity (Wildman–Crippen MR) is 152 cm³/mol. The third-order valence-electron chi connectivity index (χ3n) is 7.89. The van der Waals surface area contributed by atoms with Crippen molar-refractivity contribution in [2.45, 2.75) is 82.9 Å². The second-order valence-corrected chi connectivity index (χ2v) is 12.0. The maximum atomic E-state index is 14.5. The molecule has 7 nitrogen and oxygen atoms in total. The second-order valence-electron chi connectivity index (χ2n) is 12.0. The number of carbonyl (C=O) groups is 2. The molecule has 1 aliphatic heterocycles. The average Bonchev–Trinajstić information content (AvgIpc) is 3.58. The Hall–Kier alpha value is -3.68. The van der Waals surface area contributed by atoms with Crippen LogP contribution in [0, 0.1) is 11.7 Å². The maximum Gasteiger partial charge on any atom is 0.411 e. The quantitative estimate of drug-likeness (QED) is 0.381. The van der Waals surface area contributed by atoms with Crippen molar-refractivity contribution < 1.29 is 18.7 Å². The minimum atomic E-state index is -0.779. The van der Waals surface area contributed by atoms with E-state index in [1.807, 2.05) is 42.6 Å². The van der Waals surface area contributed by atoms with Crippen molar-refractivity contribution in [1.29, 1.82) is 0 Å². The number of hydrogen-bond donors (Lipinski definition) is 1. The number of rotatable bonds is 6. The third kappa shape index (κ3) is 6.37. The van der Waals surface area contributed by atoms with Crippen LogP contribution in [0.1, 0.15) is 82.5 Å². The van der Waals surface area contributed by atoms with E-state index >= 15 is 0 Å². The summed E-state index contributed by atoms with van der Waals surface area (Å²) in [6.45, 7) is 6.00. The van der Waals surface area contributed by atoms with E-state index in [1.54, 1.807) is 37.6 Å². The lowest BCUT2D eigenvalue weighted by atomic mass is 9.89. The molecule has 0 radical (unpaired) electrons. The molecule has 1 aromatic heterocycles. The lowest BCUT2D eigenvalue weighted by Gasteiger charge is -2.33. The highest BCUT2D eigenvalue weighted by Crippen LogP contribution is 2.47. The van der Waals surface area contributed by atoms with Crippen LogP contribution in [-0.2, 0) is 9.53 Å². The molecule has 5 rings (SSSR count). The van der Waals surface area contributed by atoms with E-state index in [0.29, 0.717) is 24.4 Å². The van der Waals surface area contributed by atoms with Gasteiger partial charge < -0.3 is 10.1 Å². The Morgan fingerprint density at radius 1 is 1.02 bits per heavy atom. The molecule has 2 amide bonds. The molecule has 1 N–H and O–H groups in total. The van der Waals surface area contributed by atoms with E-state index < -0.39 is 29.6 Å². The molecule has 2 fully saturated rings. The van der Waals surface area contributed by atoms with Gasteiger partial charge in [-0.15, -0.1) is 0 Å². The van der Waals surface area contributed by atoms with Crippen molar-refractivity contribution in [2.24, 2.45) is 5.92 Å². The molecule has 1 saturated carbocycles. The summed E-state index contributed by atoms with van der Waals surface area (Å²) >= 11 is 0. The highest BCUT2D eigenvalue weighted by atomic mass is 19.1. The summed E-state index contributed by atoms with van der Waals surface area (Å²) in [5, 5.41) is 8.00. The van der Waals surface area contributed by atoms with Gasteiger partial charge in [0.1, 0.15) is 17.5 Å².